The standard InChI is InChI=1S/C11H21NO/c1-6-12-8-10(2,3)7-11(4,5)9(12)13/h6-8H2,1-5H3. The van der Waals surface area contributed by atoms with Gasteiger partial charge in [0.15, 0.2) is 0 Å². The second-order valence-electron chi connectivity index (χ2n) is 5.54. The molecule has 0 N–H and O–H groups in total. The van der Waals surface area contributed by atoms with E-state index in [4.69, 9.17) is 0 Å². The van der Waals surface area contributed by atoms with Crippen LogP contribution in [0.5, 0.6) is 0 Å². The van der Waals surface area contributed by atoms with Crippen molar-refractivity contribution < 1.29 is 4.79 Å². The zero-order chi connectivity index (χ0) is 10.3. The van der Waals surface area contributed by atoms with Gasteiger partial charge in [-0.3, -0.25) is 4.79 Å². The first-order chi connectivity index (χ1) is 5.78. The Bertz CT molecular complexity index is 218. The molecule has 2 heteroatoms. The molecule has 2 nitrogen and oxygen atoms in total. The Balaban J connectivity index is 2.88. The predicted molar refractivity (Wildman–Crippen MR) is 54.4 cm³/mol. The predicted octanol–water partition coefficient (Wildman–Crippen LogP) is 2.29. The molecule has 13 heavy (non-hydrogen) atoms. The third-order valence-corrected chi connectivity index (χ3v) is 2.79. The molecule has 1 saturated heterocycles. The monoisotopic (exact) mass is 183 g/mol. The molecule has 1 aliphatic rings. The molecule has 0 saturated carbocycles. The molecule has 0 spiro atoms. The fourth-order valence-electron chi connectivity index (χ4n) is 2.60. The van der Waals surface area contributed by atoms with Crippen LogP contribution in [0.2, 0.25) is 0 Å². The van der Waals surface area contributed by atoms with Crippen LogP contribution >= 0.6 is 0 Å². The topological polar surface area (TPSA) is 20.3 Å². The third-order valence-electron chi connectivity index (χ3n) is 2.79. The van der Waals surface area contributed by atoms with Gasteiger partial charge in [-0.05, 0) is 18.8 Å². The molecule has 0 aromatic rings. The van der Waals surface area contributed by atoms with Crippen molar-refractivity contribution in [1.29, 1.82) is 0 Å². The van der Waals surface area contributed by atoms with Crippen molar-refractivity contribution >= 4 is 5.91 Å². The summed E-state index contributed by atoms with van der Waals surface area (Å²) in [6.45, 7) is 12.4. The Morgan fingerprint density at radius 1 is 1.31 bits per heavy atom. The quantitative estimate of drug-likeness (QED) is 0.611. The molecule has 1 aliphatic heterocycles. The second kappa shape index (κ2) is 3.00. The number of likely N-dealkylation sites (tertiary alicyclic amines) is 1. The molecule has 0 radical (unpaired) electrons. The normalized spacial score (nSPS) is 26.2. The molecule has 0 unspecified atom stereocenters. The maximum atomic E-state index is 11.9. The highest BCUT2D eigenvalue weighted by Crippen LogP contribution is 2.40. The average Bonchev–Trinajstić information content (AvgIpc) is 1.95. The number of hydrogen-bond donors (Lipinski definition) is 0. The van der Waals surface area contributed by atoms with Gasteiger partial charge in [0, 0.05) is 18.5 Å². The van der Waals surface area contributed by atoms with E-state index in [1.165, 1.54) is 0 Å². The van der Waals surface area contributed by atoms with Gasteiger partial charge in [-0.15, -0.1) is 0 Å². The van der Waals surface area contributed by atoms with E-state index in [1.54, 1.807) is 0 Å². The molecule has 0 bridgehead atoms. The third kappa shape index (κ3) is 2.04. The van der Waals surface area contributed by atoms with Crippen molar-refractivity contribution in [3.05, 3.63) is 0 Å². The summed E-state index contributed by atoms with van der Waals surface area (Å²) in [7, 11) is 0. The summed E-state index contributed by atoms with van der Waals surface area (Å²) in [5, 5.41) is 0. The van der Waals surface area contributed by atoms with E-state index in [9.17, 15) is 4.79 Å². The van der Waals surface area contributed by atoms with Gasteiger partial charge < -0.3 is 4.90 Å². The lowest BCUT2D eigenvalue weighted by Crippen LogP contribution is -2.52. The summed E-state index contributed by atoms with van der Waals surface area (Å²) in [6, 6.07) is 0. The van der Waals surface area contributed by atoms with Crippen LogP contribution in [0.4, 0.5) is 0 Å². The maximum absolute atomic E-state index is 11.9. The van der Waals surface area contributed by atoms with Crippen LogP contribution in [0.1, 0.15) is 41.0 Å². The lowest BCUT2D eigenvalue weighted by Gasteiger charge is -2.45. The highest BCUT2D eigenvalue weighted by atomic mass is 16.2. The van der Waals surface area contributed by atoms with Crippen LogP contribution in [0, 0.1) is 10.8 Å². The van der Waals surface area contributed by atoms with E-state index < -0.39 is 0 Å². The largest absolute Gasteiger partial charge is 0.342 e. The first-order valence-corrected chi connectivity index (χ1v) is 5.08. The first kappa shape index (κ1) is 10.6. The zero-order valence-electron chi connectivity index (χ0n) is 9.48. The van der Waals surface area contributed by atoms with Crippen molar-refractivity contribution in [3.63, 3.8) is 0 Å². The van der Waals surface area contributed by atoms with Crippen molar-refractivity contribution in [1.82, 2.24) is 4.90 Å². The molecular weight excluding hydrogens is 162 g/mol. The molecular formula is C11H21NO. The molecule has 0 atom stereocenters. The number of rotatable bonds is 1. The van der Waals surface area contributed by atoms with Crippen LogP contribution in [-0.2, 0) is 4.79 Å². The lowest BCUT2D eigenvalue weighted by atomic mass is 9.70. The van der Waals surface area contributed by atoms with Gasteiger partial charge >= 0.3 is 0 Å². The number of carbonyl (C=O) groups is 1. The molecule has 76 valence electrons. The van der Waals surface area contributed by atoms with Gasteiger partial charge in [-0.25, -0.2) is 0 Å². The number of hydrogen-bond acceptors (Lipinski definition) is 1. The van der Waals surface area contributed by atoms with Crippen molar-refractivity contribution in [2.45, 2.75) is 41.0 Å². The van der Waals surface area contributed by atoms with E-state index in [-0.39, 0.29) is 10.8 Å². The first-order valence-electron chi connectivity index (χ1n) is 5.08. The highest BCUT2D eigenvalue weighted by molar-refractivity contribution is 5.82. The minimum Gasteiger partial charge on any atom is -0.342 e. The van der Waals surface area contributed by atoms with E-state index in [0.29, 0.717) is 5.91 Å². The van der Waals surface area contributed by atoms with E-state index >= 15 is 0 Å². The van der Waals surface area contributed by atoms with E-state index in [0.717, 1.165) is 19.5 Å². The minimum absolute atomic E-state index is 0.169. The fourth-order valence-corrected chi connectivity index (χ4v) is 2.60. The van der Waals surface area contributed by atoms with Crippen LogP contribution < -0.4 is 0 Å². The summed E-state index contributed by atoms with van der Waals surface area (Å²) in [6.07, 6.45) is 0.995. The van der Waals surface area contributed by atoms with Gasteiger partial charge in [0.05, 0.1) is 0 Å². The zero-order valence-corrected chi connectivity index (χ0v) is 9.48. The summed E-state index contributed by atoms with van der Waals surface area (Å²) >= 11 is 0. The molecule has 1 amide bonds. The number of carbonyl (C=O) groups excluding carboxylic acids is 1. The second-order valence-corrected chi connectivity index (χ2v) is 5.54. The van der Waals surface area contributed by atoms with Crippen LogP contribution in [-0.4, -0.2) is 23.9 Å². The average molecular weight is 183 g/mol. The summed E-state index contributed by atoms with van der Waals surface area (Å²) in [5.74, 6) is 0.314. The van der Waals surface area contributed by atoms with Crippen molar-refractivity contribution in [2.75, 3.05) is 13.1 Å². The van der Waals surface area contributed by atoms with Gasteiger partial charge in [0.1, 0.15) is 0 Å². The summed E-state index contributed by atoms with van der Waals surface area (Å²) in [5.41, 5.74) is 0.102. The van der Waals surface area contributed by atoms with E-state index in [2.05, 4.69) is 34.6 Å². The Morgan fingerprint density at radius 3 is 2.31 bits per heavy atom. The Kier molecular flexibility index (Phi) is 2.44. The molecule has 1 heterocycles. The van der Waals surface area contributed by atoms with Crippen molar-refractivity contribution in [3.8, 4) is 0 Å². The fraction of sp³-hybridized carbons (Fsp3) is 0.909. The number of piperidine rings is 1. The number of nitrogens with zero attached hydrogens (tertiary/aromatic N) is 1. The molecule has 0 aromatic heterocycles. The highest BCUT2D eigenvalue weighted by Gasteiger charge is 2.43. The van der Waals surface area contributed by atoms with Crippen LogP contribution in [0.3, 0.4) is 0 Å². The van der Waals surface area contributed by atoms with Gasteiger partial charge in [-0.1, -0.05) is 27.7 Å². The van der Waals surface area contributed by atoms with Gasteiger partial charge in [-0.2, -0.15) is 0 Å². The molecule has 1 fully saturated rings. The Labute approximate surface area is 81.3 Å². The molecule has 0 aromatic carbocycles. The minimum atomic E-state index is -0.169. The number of amides is 1. The lowest BCUT2D eigenvalue weighted by molar-refractivity contribution is -0.149. The maximum Gasteiger partial charge on any atom is 0.228 e. The smallest absolute Gasteiger partial charge is 0.228 e. The SMILES string of the molecule is CCN1CC(C)(C)CC(C)(C)C1=O. The molecule has 1 rings (SSSR count). The Hall–Kier alpha value is -0.530. The van der Waals surface area contributed by atoms with Crippen LogP contribution in [0.15, 0.2) is 0 Å². The van der Waals surface area contributed by atoms with Crippen LogP contribution in [0.25, 0.3) is 0 Å². The van der Waals surface area contributed by atoms with Crippen molar-refractivity contribution in [2.24, 2.45) is 10.8 Å². The Morgan fingerprint density at radius 2 is 1.85 bits per heavy atom. The van der Waals surface area contributed by atoms with Gasteiger partial charge in [0.25, 0.3) is 0 Å². The molecule has 0 aliphatic carbocycles. The summed E-state index contributed by atoms with van der Waals surface area (Å²) < 4.78 is 0. The summed E-state index contributed by atoms with van der Waals surface area (Å²) in [4.78, 5) is 13.9. The van der Waals surface area contributed by atoms with Gasteiger partial charge in [0.2, 0.25) is 5.91 Å². The van der Waals surface area contributed by atoms with E-state index in [1.807, 2.05) is 4.90 Å².